The van der Waals surface area contributed by atoms with Crippen LogP contribution in [0.25, 0.3) is 0 Å². The quantitative estimate of drug-likeness (QED) is 0.844. The van der Waals surface area contributed by atoms with Crippen LogP contribution in [0.5, 0.6) is 0 Å². The van der Waals surface area contributed by atoms with E-state index in [1.165, 1.54) is 6.92 Å². The predicted octanol–water partition coefficient (Wildman–Crippen LogP) is 2.46. The summed E-state index contributed by atoms with van der Waals surface area (Å²) in [5, 5.41) is 3.08. The second-order valence-electron chi connectivity index (χ2n) is 3.77. The Kier molecular flexibility index (Phi) is 4.52. The monoisotopic (exact) mass is 255 g/mol. The molecule has 92 valence electrons. The number of benzene rings is 1. The van der Waals surface area contributed by atoms with Crippen molar-refractivity contribution in [3.05, 3.63) is 28.3 Å². The molecule has 0 atom stereocenters. The number of rotatable bonds is 3. The second-order valence-corrected chi connectivity index (χ2v) is 4.17. The van der Waals surface area contributed by atoms with Gasteiger partial charge in [-0.15, -0.1) is 0 Å². The van der Waals surface area contributed by atoms with Gasteiger partial charge in [0.1, 0.15) is 0 Å². The molecule has 0 saturated carbocycles. The van der Waals surface area contributed by atoms with Crippen LogP contribution in [0.4, 0.5) is 5.69 Å². The van der Waals surface area contributed by atoms with Crippen molar-refractivity contribution in [3.63, 3.8) is 0 Å². The van der Waals surface area contributed by atoms with E-state index in [1.807, 2.05) is 19.9 Å². The van der Waals surface area contributed by atoms with Gasteiger partial charge in [0.15, 0.2) is 6.61 Å². The number of nitrogens with one attached hydrogen (secondary N) is 1. The standard InChI is InChI=1S/C12H14ClNO3/c1-7-4-8(2)12(10(13)5-7)14-11(16)6-17-9(3)15/h4-5H,6H2,1-3H3,(H,14,16). The van der Waals surface area contributed by atoms with Crippen LogP contribution in [0.15, 0.2) is 12.1 Å². The average Bonchev–Trinajstić information content (AvgIpc) is 2.20. The average molecular weight is 256 g/mol. The van der Waals surface area contributed by atoms with E-state index in [0.717, 1.165) is 11.1 Å². The first-order valence-electron chi connectivity index (χ1n) is 5.10. The molecule has 17 heavy (non-hydrogen) atoms. The molecule has 0 aliphatic carbocycles. The molecule has 0 aliphatic rings. The molecule has 1 aromatic carbocycles. The largest absolute Gasteiger partial charge is 0.456 e. The van der Waals surface area contributed by atoms with Gasteiger partial charge in [0.2, 0.25) is 0 Å². The molecule has 0 heterocycles. The fourth-order valence-electron chi connectivity index (χ4n) is 1.42. The first-order chi connectivity index (χ1) is 7.90. The van der Waals surface area contributed by atoms with Crippen molar-refractivity contribution in [2.24, 2.45) is 0 Å². The van der Waals surface area contributed by atoms with Gasteiger partial charge in [0.05, 0.1) is 10.7 Å². The number of hydrogen-bond donors (Lipinski definition) is 1. The van der Waals surface area contributed by atoms with Gasteiger partial charge in [-0.05, 0) is 31.0 Å². The highest BCUT2D eigenvalue weighted by Gasteiger charge is 2.10. The number of esters is 1. The Hall–Kier alpha value is -1.55. The summed E-state index contributed by atoms with van der Waals surface area (Å²) >= 11 is 6.02. The summed E-state index contributed by atoms with van der Waals surface area (Å²) in [7, 11) is 0. The normalized spacial score (nSPS) is 9.88. The Morgan fingerprint density at radius 3 is 2.53 bits per heavy atom. The van der Waals surface area contributed by atoms with E-state index in [9.17, 15) is 9.59 Å². The summed E-state index contributed by atoms with van der Waals surface area (Å²) in [6.07, 6.45) is 0. The zero-order valence-corrected chi connectivity index (χ0v) is 10.7. The summed E-state index contributed by atoms with van der Waals surface area (Å²) in [6, 6.07) is 3.67. The Labute approximate surface area is 105 Å². The lowest BCUT2D eigenvalue weighted by Crippen LogP contribution is -2.20. The van der Waals surface area contributed by atoms with Gasteiger partial charge in [0.25, 0.3) is 5.91 Å². The summed E-state index contributed by atoms with van der Waals surface area (Å²) in [6.45, 7) is 4.71. The lowest BCUT2D eigenvalue weighted by Gasteiger charge is -2.11. The number of ether oxygens (including phenoxy) is 1. The first kappa shape index (κ1) is 13.5. The number of carbonyl (C=O) groups excluding carboxylic acids is 2. The fraction of sp³-hybridized carbons (Fsp3) is 0.333. The van der Waals surface area contributed by atoms with E-state index in [1.54, 1.807) is 6.07 Å². The van der Waals surface area contributed by atoms with Crippen LogP contribution in [-0.2, 0) is 14.3 Å². The molecule has 0 saturated heterocycles. The third-order valence-electron chi connectivity index (χ3n) is 2.10. The molecule has 0 aromatic heterocycles. The molecule has 0 fully saturated rings. The summed E-state index contributed by atoms with van der Waals surface area (Å²) in [5.41, 5.74) is 2.44. The van der Waals surface area contributed by atoms with Crippen LogP contribution in [0.1, 0.15) is 18.1 Å². The highest BCUT2D eigenvalue weighted by atomic mass is 35.5. The number of anilines is 1. The van der Waals surface area contributed by atoms with Gasteiger partial charge in [-0.25, -0.2) is 0 Å². The van der Waals surface area contributed by atoms with Crippen molar-refractivity contribution in [1.29, 1.82) is 0 Å². The second kappa shape index (κ2) is 5.68. The van der Waals surface area contributed by atoms with E-state index < -0.39 is 11.9 Å². The SMILES string of the molecule is CC(=O)OCC(=O)Nc1c(C)cc(C)cc1Cl. The molecule has 0 unspecified atom stereocenters. The predicted molar refractivity (Wildman–Crippen MR) is 66.2 cm³/mol. The molecular weight excluding hydrogens is 242 g/mol. The third kappa shape index (κ3) is 4.07. The van der Waals surface area contributed by atoms with Crippen molar-refractivity contribution < 1.29 is 14.3 Å². The summed E-state index contributed by atoms with van der Waals surface area (Å²) in [4.78, 5) is 22.0. The van der Waals surface area contributed by atoms with Crippen molar-refractivity contribution in [1.82, 2.24) is 0 Å². The molecule has 0 aliphatic heterocycles. The zero-order valence-electron chi connectivity index (χ0n) is 9.96. The minimum atomic E-state index is -0.494. The van der Waals surface area contributed by atoms with Gasteiger partial charge in [-0.2, -0.15) is 0 Å². The van der Waals surface area contributed by atoms with E-state index in [-0.39, 0.29) is 6.61 Å². The van der Waals surface area contributed by atoms with Crippen LogP contribution in [0.2, 0.25) is 5.02 Å². The van der Waals surface area contributed by atoms with Crippen molar-refractivity contribution >= 4 is 29.2 Å². The molecule has 1 N–H and O–H groups in total. The Balaban J connectivity index is 2.75. The van der Waals surface area contributed by atoms with Crippen LogP contribution in [0, 0.1) is 13.8 Å². The fourth-order valence-corrected chi connectivity index (χ4v) is 1.79. The minimum Gasteiger partial charge on any atom is -0.456 e. The number of halogens is 1. The molecule has 0 radical (unpaired) electrons. The van der Waals surface area contributed by atoms with Crippen LogP contribution in [-0.4, -0.2) is 18.5 Å². The van der Waals surface area contributed by atoms with Gasteiger partial charge in [0, 0.05) is 6.92 Å². The number of aryl methyl sites for hydroxylation is 2. The van der Waals surface area contributed by atoms with Gasteiger partial charge >= 0.3 is 5.97 Å². The van der Waals surface area contributed by atoms with E-state index in [2.05, 4.69) is 10.1 Å². The topological polar surface area (TPSA) is 55.4 Å². The molecule has 1 aromatic rings. The molecular formula is C12H14ClNO3. The maximum absolute atomic E-state index is 11.5. The lowest BCUT2D eigenvalue weighted by molar-refractivity contribution is -0.144. The maximum atomic E-state index is 11.5. The summed E-state index contributed by atoms with van der Waals surface area (Å²) in [5.74, 6) is -0.902. The van der Waals surface area contributed by atoms with Gasteiger partial charge in [-0.3, -0.25) is 9.59 Å². The molecule has 0 spiro atoms. The number of hydrogen-bond acceptors (Lipinski definition) is 3. The van der Waals surface area contributed by atoms with Crippen molar-refractivity contribution in [3.8, 4) is 0 Å². The van der Waals surface area contributed by atoms with E-state index in [0.29, 0.717) is 10.7 Å². The van der Waals surface area contributed by atoms with Crippen LogP contribution >= 0.6 is 11.6 Å². The van der Waals surface area contributed by atoms with Gasteiger partial charge in [-0.1, -0.05) is 17.7 Å². The third-order valence-corrected chi connectivity index (χ3v) is 2.40. The number of carbonyl (C=O) groups is 2. The summed E-state index contributed by atoms with van der Waals surface area (Å²) < 4.78 is 4.59. The van der Waals surface area contributed by atoms with Crippen molar-refractivity contribution in [2.45, 2.75) is 20.8 Å². The molecule has 0 bridgehead atoms. The smallest absolute Gasteiger partial charge is 0.303 e. The van der Waals surface area contributed by atoms with Crippen LogP contribution in [0.3, 0.4) is 0 Å². The Bertz CT molecular complexity index is 434. The molecule has 1 rings (SSSR count). The Morgan fingerprint density at radius 1 is 1.35 bits per heavy atom. The minimum absolute atomic E-state index is 0.307. The van der Waals surface area contributed by atoms with Crippen molar-refractivity contribution in [2.75, 3.05) is 11.9 Å². The highest BCUT2D eigenvalue weighted by molar-refractivity contribution is 6.34. The van der Waals surface area contributed by atoms with E-state index >= 15 is 0 Å². The molecule has 4 nitrogen and oxygen atoms in total. The van der Waals surface area contributed by atoms with Crippen LogP contribution < -0.4 is 5.32 Å². The molecule has 5 heteroatoms. The maximum Gasteiger partial charge on any atom is 0.303 e. The number of amides is 1. The van der Waals surface area contributed by atoms with Gasteiger partial charge < -0.3 is 10.1 Å². The lowest BCUT2D eigenvalue weighted by atomic mass is 10.1. The Morgan fingerprint density at radius 2 is 2.00 bits per heavy atom. The molecule has 1 amide bonds. The zero-order chi connectivity index (χ0) is 13.0. The van der Waals surface area contributed by atoms with E-state index in [4.69, 9.17) is 11.6 Å². The first-order valence-corrected chi connectivity index (χ1v) is 5.48. The highest BCUT2D eigenvalue weighted by Crippen LogP contribution is 2.27.